The molecular formula is C22H23N3O3. The van der Waals surface area contributed by atoms with Gasteiger partial charge in [-0.1, -0.05) is 48.0 Å². The van der Waals surface area contributed by atoms with Crippen molar-refractivity contribution in [3.05, 3.63) is 71.3 Å². The summed E-state index contributed by atoms with van der Waals surface area (Å²) in [6, 6.07) is 15.7. The van der Waals surface area contributed by atoms with E-state index >= 15 is 0 Å². The number of carbonyl (C=O) groups excluding carboxylic acids is 3. The van der Waals surface area contributed by atoms with Crippen LogP contribution in [0.3, 0.4) is 0 Å². The molecule has 0 aromatic heterocycles. The Labute approximate surface area is 163 Å². The highest BCUT2D eigenvalue weighted by atomic mass is 16.2. The minimum Gasteiger partial charge on any atom is -0.347 e. The van der Waals surface area contributed by atoms with E-state index in [-0.39, 0.29) is 23.8 Å². The molecular weight excluding hydrogens is 354 g/mol. The van der Waals surface area contributed by atoms with Gasteiger partial charge in [-0.2, -0.15) is 0 Å². The first-order valence-electron chi connectivity index (χ1n) is 9.53. The third-order valence-corrected chi connectivity index (χ3v) is 5.43. The average Bonchev–Trinajstić information content (AvgIpc) is 3.12. The minimum absolute atomic E-state index is 0.0828. The maximum atomic E-state index is 12.9. The minimum atomic E-state index is -0.558. The van der Waals surface area contributed by atoms with Crippen molar-refractivity contribution in [2.75, 3.05) is 6.54 Å². The van der Waals surface area contributed by atoms with Gasteiger partial charge in [0.15, 0.2) is 0 Å². The number of hydrogen-bond donors (Lipinski definition) is 2. The molecule has 2 saturated heterocycles. The van der Waals surface area contributed by atoms with Crippen LogP contribution in [0.4, 0.5) is 0 Å². The lowest BCUT2D eigenvalue weighted by molar-refractivity contribution is -0.147. The number of carbonyl (C=O) groups is 3. The maximum absolute atomic E-state index is 12.9. The molecule has 144 valence electrons. The van der Waals surface area contributed by atoms with Crippen molar-refractivity contribution in [3.63, 3.8) is 0 Å². The van der Waals surface area contributed by atoms with Crippen molar-refractivity contribution in [2.24, 2.45) is 0 Å². The molecule has 0 spiro atoms. The Hall–Kier alpha value is -3.15. The summed E-state index contributed by atoms with van der Waals surface area (Å²) in [5.41, 5.74) is 2.66. The average molecular weight is 377 g/mol. The molecule has 2 N–H and O–H groups in total. The molecule has 3 amide bonds. The van der Waals surface area contributed by atoms with Crippen molar-refractivity contribution in [1.82, 2.24) is 15.5 Å². The van der Waals surface area contributed by atoms with Crippen molar-refractivity contribution >= 4 is 17.7 Å². The molecule has 3 atom stereocenters. The molecule has 0 aliphatic carbocycles. The van der Waals surface area contributed by atoms with Gasteiger partial charge >= 0.3 is 0 Å². The van der Waals surface area contributed by atoms with Crippen LogP contribution in [0.2, 0.25) is 0 Å². The number of rotatable bonds is 4. The summed E-state index contributed by atoms with van der Waals surface area (Å²) in [6.45, 7) is 2.33. The highest BCUT2D eigenvalue weighted by Gasteiger charge is 2.46. The predicted molar refractivity (Wildman–Crippen MR) is 105 cm³/mol. The summed E-state index contributed by atoms with van der Waals surface area (Å²) >= 11 is 0. The van der Waals surface area contributed by atoms with Crippen molar-refractivity contribution < 1.29 is 14.4 Å². The fourth-order valence-corrected chi connectivity index (χ4v) is 3.92. The first kappa shape index (κ1) is 18.2. The second-order valence-electron chi connectivity index (χ2n) is 7.53. The smallest absolute Gasteiger partial charge is 0.251 e. The summed E-state index contributed by atoms with van der Waals surface area (Å²) in [6.07, 6.45) is 0.905. The standard InChI is InChI=1S/C22H23N3O3/c1-14-7-9-16(10-8-14)20(26)23-17-12-19-21(27)24-18(22(28)25(19)13-17)11-15-5-3-2-4-6-15/h2-10,17-19H,11-13H2,1H3,(H,23,26)(H,24,27)/t17-,18-,19-/m0/s1. The Kier molecular flexibility index (Phi) is 4.86. The second-order valence-corrected chi connectivity index (χ2v) is 7.53. The molecule has 2 heterocycles. The number of benzene rings is 2. The van der Waals surface area contributed by atoms with E-state index in [0.29, 0.717) is 24.9 Å². The number of aryl methyl sites for hydroxylation is 1. The van der Waals surface area contributed by atoms with Crippen LogP contribution in [-0.2, 0) is 16.0 Å². The molecule has 0 bridgehead atoms. The molecule has 2 aromatic rings. The van der Waals surface area contributed by atoms with Gasteiger partial charge in [-0.25, -0.2) is 0 Å². The molecule has 2 fully saturated rings. The van der Waals surface area contributed by atoms with Gasteiger partial charge in [0.1, 0.15) is 12.1 Å². The Bertz CT molecular complexity index is 895. The fourth-order valence-electron chi connectivity index (χ4n) is 3.92. The zero-order chi connectivity index (χ0) is 19.7. The number of amides is 3. The lowest BCUT2D eigenvalue weighted by atomic mass is 10.0. The van der Waals surface area contributed by atoms with Gasteiger partial charge in [-0.15, -0.1) is 0 Å². The van der Waals surface area contributed by atoms with Gasteiger partial charge in [-0.3, -0.25) is 14.4 Å². The molecule has 2 aliphatic heterocycles. The highest BCUT2D eigenvalue weighted by molar-refractivity contribution is 5.98. The molecule has 0 radical (unpaired) electrons. The number of piperazine rings is 1. The van der Waals surface area contributed by atoms with Crippen LogP contribution >= 0.6 is 0 Å². The van der Waals surface area contributed by atoms with Crippen molar-refractivity contribution in [3.8, 4) is 0 Å². The van der Waals surface area contributed by atoms with E-state index < -0.39 is 12.1 Å². The molecule has 2 aliphatic rings. The normalized spacial score (nSPS) is 23.9. The number of hydrogen-bond acceptors (Lipinski definition) is 3. The van der Waals surface area contributed by atoms with E-state index in [0.717, 1.165) is 11.1 Å². The molecule has 0 unspecified atom stereocenters. The number of nitrogens with one attached hydrogen (secondary N) is 2. The van der Waals surface area contributed by atoms with E-state index in [1.807, 2.05) is 49.4 Å². The topological polar surface area (TPSA) is 78.5 Å². The fraction of sp³-hybridized carbons (Fsp3) is 0.318. The van der Waals surface area contributed by atoms with Crippen molar-refractivity contribution in [1.29, 1.82) is 0 Å². The van der Waals surface area contributed by atoms with E-state index in [1.54, 1.807) is 17.0 Å². The summed E-state index contributed by atoms with van der Waals surface area (Å²) in [4.78, 5) is 39.5. The largest absolute Gasteiger partial charge is 0.347 e. The molecule has 0 saturated carbocycles. The molecule has 2 aromatic carbocycles. The monoisotopic (exact) mass is 377 g/mol. The Balaban J connectivity index is 1.42. The van der Waals surface area contributed by atoms with Gasteiger partial charge in [0.25, 0.3) is 5.91 Å². The lowest BCUT2D eigenvalue weighted by Gasteiger charge is -2.34. The van der Waals surface area contributed by atoms with Gasteiger partial charge < -0.3 is 15.5 Å². The molecule has 28 heavy (non-hydrogen) atoms. The van der Waals surface area contributed by atoms with Crippen molar-refractivity contribution in [2.45, 2.75) is 37.9 Å². The first-order valence-corrected chi connectivity index (χ1v) is 9.53. The SMILES string of the molecule is Cc1ccc(C(=O)N[C@H]2C[C@H]3C(=O)N[C@@H](Cc4ccccc4)C(=O)N3C2)cc1. The third kappa shape index (κ3) is 3.63. The number of nitrogens with zero attached hydrogens (tertiary/aromatic N) is 1. The summed E-state index contributed by atoms with van der Waals surface area (Å²) in [5, 5.41) is 5.82. The van der Waals surface area contributed by atoms with Crippen LogP contribution in [0, 0.1) is 6.92 Å². The molecule has 6 nitrogen and oxygen atoms in total. The van der Waals surface area contributed by atoms with Gasteiger partial charge in [0, 0.05) is 24.6 Å². The van der Waals surface area contributed by atoms with Crippen LogP contribution in [0.5, 0.6) is 0 Å². The van der Waals surface area contributed by atoms with Crippen LogP contribution in [-0.4, -0.2) is 47.3 Å². The van der Waals surface area contributed by atoms with E-state index in [1.165, 1.54) is 0 Å². The third-order valence-electron chi connectivity index (χ3n) is 5.43. The zero-order valence-corrected chi connectivity index (χ0v) is 15.7. The van der Waals surface area contributed by atoms with Crippen LogP contribution in [0.1, 0.15) is 27.9 Å². The van der Waals surface area contributed by atoms with Gasteiger partial charge in [0.2, 0.25) is 11.8 Å². The predicted octanol–water partition coefficient (Wildman–Crippen LogP) is 1.44. The number of fused-ring (bicyclic) bond motifs is 1. The molecule has 4 rings (SSSR count). The van der Waals surface area contributed by atoms with E-state index in [4.69, 9.17) is 0 Å². The van der Waals surface area contributed by atoms with E-state index in [9.17, 15) is 14.4 Å². The zero-order valence-electron chi connectivity index (χ0n) is 15.7. The summed E-state index contributed by atoms with van der Waals surface area (Å²) in [7, 11) is 0. The Morgan fingerprint density at radius 1 is 1.11 bits per heavy atom. The van der Waals surface area contributed by atoms with Gasteiger partial charge in [-0.05, 0) is 31.0 Å². The lowest BCUT2D eigenvalue weighted by Crippen LogP contribution is -2.61. The van der Waals surface area contributed by atoms with Crippen LogP contribution < -0.4 is 10.6 Å². The maximum Gasteiger partial charge on any atom is 0.251 e. The Morgan fingerprint density at radius 3 is 2.54 bits per heavy atom. The summed E-state index contributed by atoms with van der Waals surface area (Å²) < 4.78 is 0. The molecule has 6 heteroatoms. The van der Waals surface area contributed by atoms with E-state index in [2.05, 4.69) is 10.6 Å². The Morgan fingerprint density at radius 2 is 1.82 bits per heavy atom. The van der Waals surface area contributed by atoms with Crippen LogP contribution in [0.15, 0.2) is 54.6 Å². The van der Waals surface area contributed by atoms with Gasteiger partial charge in [0.05, 0.1) is 0 Å². The highest BCUT2D eigenvalue weighted by Crippen LogP contribution is 2.24. The quantitative estimate of drug-likeness (QED) is 0.846. The second kappa shape index (κ2) is 7.46. The summed E-state index contributed by atoms with van der Waals surface area (Å²) in [5.74, 6) is -0.410. The van der Waals surface area contributed by atoms with Crippen LogP contribution in [0.25, 0.3) is 0 Å². The first-order chi connectivity index (χ1) is 13.5.